The highest BCUT2D eigenvalue weighted by molar-refractivity contribution is 7.56. The molecule has 0 bridgehead atoms. The molecule has 0 N–H and O–H groups in total. The first kappa shape index (κ1) is 21.7. The molecular weight excluding hydrogens is 309 g/mol. The van der Waals surface area contributed by atoms with E-state index >= 15 is 0 Å². The van der Waals surface area contributed by atoms with Gasteiger partial charge in [-0.25, -0.2) is 0 Å². The van der Waals surface area contributed by atoms with Gasteiger partial charge >= 0.3 is 0 Å². The Labute approximate surface area is 153 Å². The Balaban J connectivity index is 2.99. The van der Waals surface area contributed by atoms with Crippen LogP contribution in [0.1, 0.15) is 63.8 Å². The van der Waals surface area contributed by atoms with Crippen LogP contribution < -0.4 is 0 Å². The van der Waals surface area contributed by atoms with Crippen LogP contribution in [0.25, 0.3) is 0 Å². The van der Waals surface area contributed by atoms with E-state index in [0.717, 1.165) is 31.5 Å². The van der Waals surface area contributed by atoms with E-state index in [-0.39, 0.29) is 7.92 Å². The van der Waals surface area contributed by atoms with Crippen LogP contribution in [0.3, 0.4) is 0 Å². The smallest absolute Gasteiger partial charge is 0.0236 e. The van der Waals surface area contributed by atoms with Crippen LogP contribution in [0.5, 0.6) is 0 Å². The standard InChI is InChI=1S/C22H40NP/c1-9-23(10-2)13-21-12-22(20(8)11-19(21)7)16-24(14-17(3)4)15-18(5)6/h11-12,17-18H,9-10,13-16H2,1-8H3. The monoisotopic (exact) mass is 349 g/mol. The Morgan fingerprint density at radius 3 is 1.79 bits per heavy atom. The average Bonchev–Trinajstić information content (AvgIpc) is 2.47. The Bertz CT molecular complexity index is 479. The first-order valence-corrected chi connectivity index (χ1v) is 11.7. The van der Waals surface area contributed by atoms with E-state index in [1.165, 1.54) is 35.2 Å². The lowest BCUT2D eigenvalue weighted by Gasteiger charge is -2.25. The largest absolute Gasteiger partial charge is 0.300 e. The average molecular weight is 350 g/mol. The maximum absolute atomic E-state index is 2.53. The van der Waals surface area contributed by atoms with Crippen LogP contribution >= 0.6 is 7.92 Å². The molecule has 0 amide bonds. The van der Waals surface area contributed by atoms with Gasteiger partial charge < -0.3 is 0 Å². The van der Waals surface area contributed by atoms with Crippen molar-refractivity contribution in [1.82, 2.24) is 4.90 Å². The van der Waals surface area contributed by atoms with Gasteiger partial charge in [0.25, 0.3) is 0 Å². The summed E-state index contributed by atoms with van der Waals surface area (Å²) in [6.45, 7) is 22.0. The Kier molecular flexibility index (Phi) is 9.53. The van der Waals surface area contributed by atoms with E-state index in [1.54, 1.807) is 5.56 Å². The molecule has 1 aromatic rings. The third-order valence-corrected chi connectivity index (χ3v) is 8.00. The minimum absolute atomic E-state index is 0.105. The Hall–Kier alpha value is -0.390. The van der Waals surface area contributed by atoms with E-state index in [0.29, 0.717) is 0 Å². The molecule has 1 nitrogen and oxygen atoms in total. The molecule has 0 fully saturated rings. The van der Waals surface area contributed by atoms with Gasteiger partial charge in [0.2, 0.25) is 0 Å². The van der Waals surface area contributed by atoms with E-state index in [1.807, 2.05) is 0 Å². The molecule has 0 saturated heterocycles. The number of nitrogens with zero attached hydrogens (tertiary/aromatic N) is 1. The summed E-state index contributed by atoms with van der Waals surface area (Å²) < 4.78 is 0. The molecule has 0 unspecified atom stereocenters. The highest BCUT2D eigenvalue weighted by Gasteiger charge is 2.15. The molecule has 1 rings (SSSR count). The highest BCUT2D eigenvalue weighted by atomic mass is 31.1. The summed E-state index contributed by atoms with van der Waals surface area (Å²) in [5, 5.41) is 0. The Morgan fingerprint density at radius 1 is 0.833 bits per heavy atom. The normalized spacial score (nSPS) is 12.2. The zero-order valence-electron chi connectivity index (χ0n) is 17.4. The Morgan fingerprint density at radius 2 is 1.33 bits per heavy atom. The predicted octanol–water partition coefficient (Wildman–Crippen LogP) is 6.44. The van der Waals surface area contributed by atoms with Crippen molar-refractivity contribution in [3.63, 3.8) is 0 Å². The molecular formula is C22H40NP. The molecule has 0 aliphatic heterocycles. The summed E-state index contributed by atoms with van der Waals surface area (Å²) in [7, 11) is 0.105. The van der Waals surface area contributed by atoms with Crippen molar-refractivity contribution in [2.45, 2.75) is 68.1 Å². The minimum atomic E-state index is 0.105. The second-order valence-electron chi connectivity index (χ2n) is 8.15. The number of benzene rings is 1. The van der Waals surface area contributed by atoms with Crippen molar-refractivity contribution < 1.29 is 0 Å². The van der Waals surface area contributed by atoms with Gasteiger partial charge in [0.05, 0.1) is 0 Å². The SMILES string of the molecule is CCN(CC)Cc1cc(CP(CC(C)C)CC(C)C)c(C)cc1C. The fourth-order valence-corrected chi connectivity index (χ4v) is 6.75. The van der Waals surface area contributed by atoms with Crippen molar-refractivity contribution in [3.8, 4) is 0 Å². The zero-order valence-corrected chi connectivity index (χ0v) is 18.3. The molecule has 2 heteroatoms. The molecule has 0 aliphatic rings. The van der Waals surface area contributed by atoms with Crippen LogP contribution in [-0.4, -0.2) is 30.3 Å². The molecule has 0 radical (unpaired) electrons. The van der Waals surface area contributed by atoms with Gasteiger partial charge in [-0.2, -0.15) is 0 Å². The summed E-state index contributed by atoms with van der Waals surface area (Å²) in [4.78, 5) is 2.52. The molecule has 1 aromatic carbocycles. The summed E-state index contributed by atoms with van der Waals surface area (Å²) in [5.41, 5.74) is 6.09. The van der Waals surface area contributed by atoms with Crippen LogP contribution in [-0.2, 0) is 12.7 Å². The fraction of sp³-hybridized carbons (Fsp3) is 0.727. The maximum Gasteiger partial charge on any atom is 0.0236 e. The van der Waals surface area contributed by atoms with Gasteiger partial charge in [-0.1, -0.05) is 53.7 Å². The molecule has 0 saturated carbocycles. The van der Waals surface area contributed by atoms with Crippen LogP contribution in [0.4, 0.5) is 0 Å². The van der Waals surface area contributed by atoms with Crippen molar-refractivity contribution in [3.05, 3.63) is 34.4 Å². The van der Waals surface area contributed by atoms with Gasteiger partial charge in [-0.3, -0.25) is 4.90 Å². The molecule has 138 valence electrons. The number of rotatable bonds is 10. The second-order valence-corrected chi connectivity index (χ2v) is 10.5. The summed E-state index contributed by atoms with van der Waals surface area (Å²) in [5.74, 6) is 1.63. The van der Waals surface area contributed by atoms with Crippen molar-refractivity contribution in [2.24, 2.45) is 11.8 Å². The molecule has 0 heterocycles. The lowest BCUT2D eigenvalue weighted by Crippen LogP contribution is -2.22. The van der Waals surface area contributed by atoms with E-state index in [2.05, 4.69) is 72.4 Å². The molecule has 0 aliphatic carbocycles. The summed E-state index contributed by atoms with van der Waals surface area (Å²) in [6, 6.07) is 4.95. The van der Waals surface area contributed by atoms with E-state index in [9.17, 15) is 0 Å². The van der Waals surface area contributed by atoms with Crippen molar-refractivity contribution in [2.75, 3.05) is 25.4 Å². The van der Waals surface area contributed by atoms with Gasteiger partial charge in [-0.05, 0) is 79.5 Å². The predicted molar refractivity (Wildman–Crippen MR) is 113 cm³/mol. The lowest BCUT2D eigenvalue weighted by molar-refractivity contribution is 0.295. The molecule has 0 atom stereocenters. The van der Waals surface area contributed by atoms with Crippen LogP contribution in [0.15, 0.2) is 12.1 Å². The number of aryl methyl sites for hydroxylation is 2. The van der Waals surface area contributed by atoms with Crippen molar-refractivity contribution >= 4 is 7.92 Å². The van der Waals surface area contributed by atoms with Gasteiger partial charge in [0.15, 0.2) is 0 Å². The van der Waals surface area contributed by atoms with E-state index < -0.39 is 0 Å². The third-order valence-electron chi connectivity index (χ3n) is 4.72. The molecule has 0 spiro atoms. The maximum atomic E-state index is 2.53. The number of hydrogen-bond donors (Lipinski definition) is 0. The van der Waals surface area contributed by atoms with Gasteiger partial charge in [0, 0.05) is 6.54 Å². The van der Waals surface area contributed by atoms with E-state index in [4.69, 9.17) is 0 Å². The second kappa shape index (κ2) is 10.6. The minimum Gasteiger partial charge on any atom is -0.300 e. The summed E-state index contributed by atoms with van der Waals surface area (Å²) >= 11 is 0. The quantitative estimate of drug-likeness (QED) is 0.439. The highest BCUT2D eigenvalue weighted by Crippen LogP contribution is 2.44. The van der Waals surface area contributed by atoms with Crippen LogP contribution in [0.2, 0.25) is 0 Å². The molecule has 0 aromatic heterocycles. The molecule has 24 heavy (non-hydrogen) atoms. The van der Waals surface area contributed by atoms with Crippen molar-refractivity contribution in [1.29, 1.82) is 0 Å². The lowest BCUT2D eigenvalue weighted by atomic mass is 10.0. The number of hydrogen-bond acceptors (Lipinski definition) is 1. The van der Waals surface area contributed by atoms with Crippen LogP contribution in [0, 0.1) is 25.7 Å². The first-order chi connectivity index (χ1) is 11.3. The topological polar surface area (TPSA) is 3.24 Å². The fourth-order valence-electron chi connectivity index (χ4n) is 3.45. The summed E-state index contributed by atoms with van der Waals surface area (Å²) in [6.07, 6.45) is 4.13. The van der Waals surface area contributed by atoms with Gasteiger partial charge in [0.1, 0.15) is 0 Å². The van der Waals surface area contributed by atoms with Gasteiger partial charge in [-0.15, -0.1) is 7.92 Å². The third kappa shape index (κ3) is 7.24. The zero-order chi connectivity index (χ0) is 18.3. The first-order valence-electron chi connectivity index (χ1n) is 9.80.